The van der Waals surface area contributed by atoms with Gasteiger partial charge < -0.3 is 4.57 Å². The SMILES string of the molecule is FC(F)(F)c1nc2ccccc2n1Cc1ccc(Cl)cc1Cl. The zero-order chi connectivity index (χ0) is 15.9. The Morgan fingerprint density at radius 3 is 2.45 bits per heavy atom. The maximum absolute atomic E-state index is 13.2. The highest BCUT2D eigenvalue weighted by molar-refractivity contribution is 6.35. The highest BCUT2D eigenvalue weighted by atomic mass is 35.5. The number of alkyl halides is 3. The van der Waals surface area contributed by atoms with E-state index in [2.05, 4.69) is 4.98 Å². The summed E-state index contributed by atoms with van der Waals surface area (Å²) in [5.74, 6) is -0.945. The van der Waals surface area contributed by atoms with Crippen LogP contribution in [-0.2, 0) is 12.7 Å². The van der Waals surface area contributed by atoms with Gasteiger partial charge in [0.15, 0.2) is 0 Å². The van der Waals surface area contributed by atoms with Crippen molar-refractivity contribution in [1.82, 2.24) is 9.55 Å². The summed E-state index contributed by atoms with van der Waals surface area (Å²) in [7, 11) is 0. The van der Waals surface area contributed by atoms with Crippen molar-refractivity contribution in [1.29, 1.82) is 0 Å². The number of benzene rings is 2. The molecule has 114 valence electrons. The summed E-state index contributed by atoms with van der Waals surface area (Å²) in [5.41, 5.74) is 1.24. The zero-order valence-electron chi connectivity index (χ0n) is 11.0. The second-order valence-corrected chi connectivity index (χ2v) is 5.59. The van der Waals surface area contributed by atoms with E-state index >= 15 is 0 Å². The molecule has 0 amide bonds. The predicted molar refractivity (Wildman–Crippen MR) is 80.3 cm³/mol. The van der Waals surface area contributed by atoms with Gasteiger partial charge >= 0.3 is 6.18 Å². The van der Waals surface area contributed by atoms with Gasteiger partial charge in [0.05, 0.1) is 17.6 Å². The van der Waals surface area contributed by atoms with Crippen molar-refractivity contribution in [2.75, 3.05) is 0 Å². The predicted octanol–water partition coefficient (Wildman–Crippen LogP) is 5.41. The third-order valence-electron chi connectivity index (χ3n) is 3.25. The molecule has 3 aromatic rings. The van der Waals surface area contributed by atoms with E-state index < -0.39 is 12.0 Å². The number of fused-ring (bicyclic) bond motifs is 1. The van der Waals surface area contributed by atoms with Gasteiger partial charge in [0, 0.05) is 10.0 Å². The summed E-state index contributed by atoms with van der Waals surface area (Å²) in [6.45, 7) is -0.0364. The highest BCUT2D eigenvalue weighted by Crippen LogP contribution is 2.33. The van der Waals surface area contributed by atoms with Gasteiger partial charge in [-0.25, -0.2) is 4.98 Å². The molecule has 0 unspecified atom stereocenters. The van der Waals surface area contributed by atoms with Crippen molar-refractivity contribution in [3.05, 3.63) is 63.9 Å². The molecule has 0 N–H and O–H groups in total. The maximum atomic E-state index is 13.2. The minimum Gasteiger partial charge on any atom is -0.316 e. The van der Waals surface area contributed by atoms with E-state index in [-0.39, 0.29) is 6.54 Å². The number of hydrogen-bond acceptors (Lipinski definition) is 1. The van der Waals surface area contributed by atoms with Gasteiger partial charge in [-0.15, -0.1) is 0 Å². The quantitative estimate of drug-likeness (QED) is 0.607. The van der Waals surface area contributed by atoms with Crippen LogP contribution in [0.2, 0.25) is 10.0 Å². The van der Waals surface area contributed by atoms with Crippen molar-refractivity contribution < 1.29 is 13.2 Å². The number of aromatic nitrogens is 2. The van der Waals surface area contributed by atoms with E-state index in [4.69, 9.17) is 23.2 Å². The Kier molecular flexibility index (Phi) is 3.78. The number of halogens is 5. The fraction of sp³-hybridized carbons (Fsp3) is 0.133. The van der Waals surface area contributed by atoms with E-state index in [1.165, 1.54) is 6.07 Å². The van der Waals surface area contributed by atoms with Gasteiger partial charge in [-0.2, -0.15) is 13.2 Å². The van der Waals surface area contributed by atoms with Crippen molar-refractivity contribution >= 4 is 34.2 Å². The Bertz CT molecular complexity index is 840. The lowest BCUT2D eigenvalue weighted by Gasteiger charge is -2.12. The molecule has 0 radical (unpaired) electrons. The van der Waals surface area contributed by atoms with Crippen LogP contribution < -0.4 is 0 Å². The second-order valence-electron chi connectivity index (χ2n) is 4.74. The van der Waals surface area contributed by atoms with E-state index in [0.717, 1.165) is 4.57 Å². The van der Waals surface area contributed by atoms with Crippen LogP contribution in [0.15, 0.2) is 42.5 Å². The average Bonchev–Trinajstić information content (AvgIpc) is 2.81. The first kappa shape index (κ1) is 15.2. The summed E-state index contributed by atoms with van der Waals surface area (Å²) >= 11 is 11.9. The molecular formula is C15H9Cl2F3N2. The van der Waals surface area contributed by atoms with Crippen LogP contribution in [-0.4, -0.2) is 9.55 Å². The summed E-state index contributed by atoms with van der Waals surface area (Å²) in [6, 6.07) is 11.2. The molecule has 0 spiro atoms. The molecule has 1 heterocycles. The molecule has 7 heteroatoms. The average molecular weight is 345 g/mol. The number of rotatable bonds is 2. The van der Waals surface area contributed by atoms with E-state index in [1.54, 1.807) is 36.4 Å². The molecule has 0 saturated heterocycles. The number of hydrogen-bond donors (Lipinski definition) is 0. The molecule has 2 aromatic carbocycles. The van der Waals surface area contributed by atoms with Gasteiger partial charge in [-0.1, -0.05) is 41.4 Å². The Labute approximate surface area is 134 Å². The fourth-order valence-corrected chi connectivity index (χ4v) is 2.74. The van der Waals surface area contributed by atoms with Crippen LogP contribution in [0, 0.1) is 0 Å². The van der Waals surface area contributed by atoms with Gasteiger partial charge in [-0.3, -0.25) is 0 Å². The normalized spacial score (nSPS) is 12.0. The first-order valence-corrected chi connectivity index (χ1v) is 7.08. The fourth-order valence-electron chi connectivity index (χ4n) is 2.27. The first-order chi connectivity index (χ1) is 10.4. The number of para-hydroxylation sites is 2. The minimum atomic E-state index is -4.54. The third kappa shape index (κ3) is 2.78. The Hall–Kier alpha value is -1.72. The molecule has 0 aliphatic carbocycles. The summed E-state index contributed by atoms with van der Waals surface area (Å²) < 4.78 is 40.8. The molecule has 1 aromatic heterocycles. The summed E-state index contributed by atoms with van der Waals surface area (Å²) in [5, 5.41) is 0.749. The van der Waals surface area contributed by atoms with Gasteiger partial charge in [-0.05, 0) is 29.8 Å². The standard InChI is InChI=1S/C15H9Cl2F3N2/c16-10-6-5-9(11(17)7-10)8-22-13-4-2-1-3-12(13)21-14(22)15(18,19)20/h1-7H,8H2. The number of imidazole rings is 1. The molecule has 0 fully saturated rings. The van der Waals surface area contributed by atoms with Crippen LogP contribution in [0.25, 0.3) is 11.0 Å². The van der Waals surface area contributed by atoms with E-state index in [0.29, 0.717) is 26.6 Å². The molecule has 0 atom stereocenters. The lowest BCUT2D eigenvalue weighted by molar-refractivity contribution is -0.146. The monoisotopic (exact) mass is 344 g/mol. The van der Waals surface area contributed by atoms with E-state index in [1.807, 2.05) is 0 Å². The molecular weight excluding hydrogens is 336 g/mol. The molecule has 0 aliphatic heterocycles. The van der Waals surface area contributed by atoms with Crippen molar-refractivity contribution in [2.45, 2.75) is 12.7 Å². The lowest BCUT2D eigenvalue weighted by atomic mass is 10.2. The molecule has 0 bridgehead atoms. The number of nitrogens with zero attached hydrogens (tertiary/aromatic N) is 2. The van der Waals surface area contributed by atoms with Crippen LogP contribution >= 0.6 is 23.2 Å². The molecule has 2 nitrogen and oxygen atoms in total. The Morgan fingerprint density at radius 1 is 1.05 bits per heavy atom. The van der Waals surface area contributed by atoms with Crippen LogP contribution in [0.4, 0.5) is 13.2 Å². The molecule has 22 heavy (non-hydrogen) atoms. The second kappa shape index (κ2) is 5.48. The molecule has 3 rings (SSSR count). The zero-order valence-corrected chi connectivity index (χ0v) is 12.5. The van der Waals surface area contributed by atoms with Crippen molar-refractivity contribution in [3.8, 4) is 0 Å². The third-order valence-corrected chi connectivity index (χ3v) is 3.84. The van der Waals surface area contributed by atoms with Crippen LogP contribution in [0.3, 0.4) is 0 Å². The largest absolute Gasteiger partial charge is 0.449 e. The Morgan fingerprint density at radius 2 is 1.77 bits per heavy atom. The molecule has 0 aliphatic rings. The van der Waals surface area contributed by atoms with Crippen LogP contribution in [0.1, 0.15) is 11.4 Å². The van der Waals surface area contributed by atoms with Gasteiger partial charge in [0.1, 0.15) is 0 Å². The van der Waals surface area contributed by atoms with E-state index in [9.17, 15) is 13.2 Å². The maximum Gasteiger partial charge on any atom is 0.449 e. The lowest BCUT2D eigenvalue weighted by Crippen LogP contribution is -2.15. The summed E-state index contributed by atoms with van der Waals surface area (Å²) in [6.07, 6.45) is -4.54. The van der Waals surface area contributed by atoms with Crippen molar-refractivity contribution in [3.63, 3.8) is 0 Å². The first-order valence-electron chi connectivity index (χ1n) is 6.32. The highest BCUT2D eigenvalue weighted by Gasteiger charge is 2.37. The van der Waals surface area contributed by atoms with Gasteiger partial charge in [0.2, 0.25) is 5.82 Å². The van der Waals surface area contributed by atoms with Crippen molar-refractivity contribution in [2.24, 2.45) is 0 Å². The molecule has 0 saturated carbocycles. The summed E-state index contributed by atoms with van der Waals surface area (Å²) in [4.78, 5) is 3.70. The van der Waals surface area contributed by atoms with Crippen LogP contribution in [0.5, 0.6) is 0 Å². The minimum absolute atomic E-state index is 0.0364. The Balaban J connectivity index is 2.16. The topological polar surface area (TPSA) is 17.8 Å². The van der Waals surface area contributed by atoms with Gasteiger partial charge in [0.25, 0.3) is 0 Å². The smallest absolute Gasteiger partial charge is 0.316 e.